The smallest absolute Gasteiger partial charge is 0.251 e. The number of carbonyl (C=O) groups is 1. The molecule has 29 heavy (non-hydrogen) atoms. The zero-order chi connectivity index (χ0) is 20.4. The van der Waals surface area contributed by atoms with Crippen LogP contribution in [0.4, 0.5) is 4.39 Å². The number of guanidine groups is 1. The maximum Gasteiger partial charge on any atom is 0.251 e. The average molecular weight is 514 g/mol. The summed E-state index contributed by atoms with van der Waals surface area (Å²) in [5.74, 6) is 0.376. The standard InChI is InChI=1S/C21H27FN4O2.HI/c1-4-24-21(25-13-15(2)28-19-8-6-5-7-18(19)22)26-14-16-9-11-17(12-10-16)20(27)23-3;/h5-12,15H,4,13-14H2,1-3H3,(H,23,27)(H2,24,25,26);1H. The SMILES string of the molecule is CCNC(=NCc1ccc(C(=O)NC)cc1)NCC(C)Oc1ccccc1F.I. The summed E-state index contributed by atoms with van der Waals surface area (Å²) >= 11 is 0. The van der Waals surface area contributed by atoms with Gasteiger partial charge in [-0.2, -0.15) is 0 Å². The maximum absolute atomic E-state index is 13.7. The molecule has 2 aromatic carbocycles. The van der Waals surface area contributed by atoms with Gasteiger partial charge in [-0.1, -0.05) is 24.3 Å². The van der Waals surface area contributed by atoms with Gasteiger partial charge in [0.15, 0.2) is 17.5 Å². The van der Waals surface area contributed by atoms with Crippen molar-refractivity contribution in [2.45, 2.75) is 26.5 Å². The molecule has 2 aromatic rings. The summed E-state index contributed by atoms with van der Waals surface area (Å²) in [4.78, 5) is 16.1. The van der Waals surface area contributed by atoms with Gasteiger partial charge in [0, 0.05) is 19.2 Å². The second-order valence-corrected chi connectivity index (χ2v) is 6.21. The molecule has 1 amide bonds. The topological polar surface area (TPSA) is 74.8 Å². The molecule has 0 aliphatic rings. The Bertz CT molecular complexity index is 800. The van der Waals surface area contributed by atoms with E-state index in [0.29, 0.717) is 31.2 Å². The number of nitrogens with zero attached hydrogens (tertiary/aromatic N) is 1. The molecule has 3 N–H and O–H groups in total. The van der Waals surface area contributed by atoms with Gasteiger partial charge in [-0.05, 0) is 43.7 Å². The summed E-state index contributed by atoms with van der Waals surface area (Å²) in [6, 6.07) is 13.6. The summed E-state index contributed by atoms with van der Waals surface area (Å²) in [5.41, 5.74) is 1.60. The molecular weight excluding hydrogens is 486 g/mol. The van der Waals surface area contributed by atoms with Crippen molar-refractivity contribution in [3.63, 3.8) is 0 Å². The van der Waals surface area contributed by atoms with Crippen molar-refractivity contribution in [1.82, 2.24) is 16.0 Å². The zero-order valence-electron chi connectivity index (χ0n) is 16.9. The first-order chi connectivity index (χ1) is 13.5. The Labute approximate surface area is 188 Å². The summed E-state index contributed by atoms with van der Waals surface area (Å²) in [6.07, 6.45) is -0.243. The Morgan fingerprint density at radius 3 is 2.45 bits per heavy atom. The quantitative estimate of drug-likeness (QED) is 0.287. The largest absolute Gasteiger partial charge is 0.486 e. The monoisotopic (exact) mass is 514 g/mol. The molecule has 6 nitrogen and oxygen atoms in total. The van der Waals surface area contributed by atoms with Gasteiger partial charge in [0.25, 0.3) is 5.91 Å². The highest BCUT2D eigenvalue weighted by Gasteiger charge is 2.09. The van der Waals surface area contributed by atoms with Crippen LogP contribution < -0.4 is 20.7 Å². The van der Waals surface area contributed by atoms with Crippen LogP contribution in [0.25, 0.3) is 0 Å². The number of para-hydroxylation sites is 1. The Kier molecular flexibility index (Phi) is 11.0. The molecular formula is C21H28FIN4O2. The molecule has 0 heterocycles. The number of hydrogen-bond donors (Lipinski definition) is 3. The van der Waals surface area contributed by atoms with E-state index >= 15 is 0 Å². The Morgan fingerprint density at radius 2 is 1.83 bits per heavy atom. The van der Waals surface area contributed by atoms with Crippen LogP contribution >= 0.6 is 24.0 Å². The Hall–Kier alpha value is -2.36. The van der Waals surface area contributed by atoms with Crippen molar-refractivity contribution < 1.29 is 13.9 Å². The second kappa shape index (κ2) is 13.0. The number of nitrogens with one attached hydrogen (secondary N) is 3. The molecule has 2 rings (SSSR count). The van der Waals surface area contributed by atoms with Crippen molar-refractivity contribution >= 4 is 35.8 Å². The van der Waals surface area contributed by atoms with Gasteiger partial charge in [-0.3, -0.25) is 4.79 Å². The molecule has 8 heteroatoms. The van der Waals surface area contributed by atoms with Crippen molar-refractivity contribution in [1.29, 1.82) is 0 Å². The number of carbonyl (C=O) groups excluding carboxylic acids is 1. The molecule has 0 radical (unpaired) electrons. The second-order valence-electron chi connectivity index (χ2n) is 6.21. The molecule has 0 spiro atoms. The van der Waals surface area contributed by atoms with Crippen molar-refractivity contribution in [2.24, 2.45) is 4.99 Å². The van der Waals surface area contributed by atoms with Crippen LogP contribution in [0.2, 0.25) is 0 Å². The van der Waals surface area contributed by atoms with Gasteiger partial charge in [-0.25, -0.2) is 9.38 Å². The number of aliphatic imine (C=N–C) groups is 1. The molecule has 0 saturated heterocycles. The molecule has 0 aromatic heterocycles. The molecule has 0 saturated carbocycles. The number of rotatable bonds is 8. The van der Waals surface area contributed by atoms with E-state index in [1.807, 2.05) is 26.0 Å². The first-order valence-corrected chi connectivity index (χ1v) is 9.27. The van der Waals surface area contributed by atoms with Gasteiger partial charge in [-0.15, -0.1) is 24.0 Å². The van der Waals surface area contributed by atoms with Crippen molar-refractivity contribution in [2.75, 3.05) is 20.1 Å². The van der Waals surface area contributed by atoms with Gasteiger partial charge >= 0.3 is 0 Å². The Balaban J connectivity index is 0.00000420. The van der Waals surface area contributed by atoms with E-state index in [4.69, 9.17) is 4.74 Å². The predicted molar refractivity (Wildman–Crippen MR) is 125 cm³/mol. The van der Waals surface area contributed by atoms with Crippen LogP contribution in [0.5, 0.6) is 5.75 Å². The third-order valence-electron chi connectivity index (χ3n) is 3.93. The lowest BCUT2D eigenvalue weighted by atomic mass is 10.1. The third kappa shape index (κ3) is 8.26. The molecule has 0 aliphatic heterocycles. The lowest BCUT2D eigenvalue weighted by Gasteiger charge is -2.18. The minimum absolute atomic E-state index is 0. The lowest BCUT2D eigenvalue weighted by molar-refractivity contribution is 0.0963. The average Bonchev–Trinajstić information content (AvgIpc) is 2.71. The summed E-state index contributed by atoms with van der Waals surface area (Å²) in [5, 5.41) is 8.96. The first kappa shape index (κ1) is 24.7. The number of hydrogen-bond acceptors (Lipinski definition) is 3. The molecule has 0 fully saturated rings. The maximum atomic E-state index is 13.7. The fourth-order valence-corrected chi connectivity index (χ4v) is 2.46. The highest BCUT2D eigenvalue weighted by Crippen LogP contribution is 2.16. The highest BCUT2D eigenvalue weighted by molar-refractivity contribution is 14.0. The van der Waals surface area contributed by atoms with E-state index in [-0.39, 0.29) is 47.6 Å². The number of ether oxygens (including phenoxy) is 1. The van der Waals surface area contributed by atoms with E-state index < -0.39 is 0 Å². The van der Waals surface area contributed by atoms with Crippen LogP contribution in [-0.4, -0.2) is 38.1 Å². The van der Waals surface area contributed by atoms with Gasteiger partial charge in [0.05, 0.1) is 13.1 Å². The fraction of sp³-hybridized carbons (Fsp3) is 0.333. The molecule has 158 valence electrons. The number of benzene rings is 2. The van der Waals surface area contributed by atoms with Crippen molar-refractivity contribution in [3.05, 3.63) is 65.5 Å². The third-order valence-corrected chi connectivity index (χ3v) is 3.93. The highest BCUT2D eigenvalue weighted by atomic mass is 127. The number of halogens is 2. The van der Waals surface area contributed by atoms with E-state index in [1.54, 1.807) is 37.4 Å². The molecule has 1 unspecified atom stereocenters. The molecule has 0 bridgehead atoms. The zero-order valence-corrected chi connectivity index (χ0v) is 19.2. The van der Waals surface area contributed by atoms with E-state index in [2.05, 4.69) is 20.9 Å². The summed E-state index contributed by atoms with van der Waals surface area (Å²) < 4.78 is 19.3. The molecule has 0 aliphatic carbocycles. The minimum atomic E-state index is -0.380. The fourth-order valence-electron chi connectivity index (χ4n) is 2.46. The predicted octanol–water partition coefficient (Wildman–Crippen LogP) is 3.33. The number of amides is 1. The van der Waals surface area contributed by atoms with Crippen LogP contribution in [-0.2, 0) is 6.54 Å². The van der Waals surface area contributed by atoms with Crippen molar-refractivity contribution in [3.8, 4) is 5.75 Å². The first-order valence-electron chi connectivity index (χ1n) is 9.27. The van der Waals surface area contributed by atoms with Gasteiger partial charge < -0.3 is 20.7 Å². The minimum Gasteiger partial charge on any atom is -0.486 e. The van der Waals surface area contributed by atoms with Crippen LogP contribution in [0.3, 0.4) is 0 Å². The lowest BCUT2D eigenvalue weighted by Crippen LogP contribution is -2.41. The van der Waals surface area contributed by atoms with E-state index in [1.165, 1.54) is 6.07 Å². The normalized spacial score (nSPS) is 11.8. The Morgan fingerprint density at radius 1 is 1.14 bits per heavy atom. The van der Waals surface area contributed by atoms with Gasteiger partial charge in [0.2, 0.25) is 0 Å². The van der Waals surface area contributed by atoms with E-state index in [0.717, 1.165) is 5.56 Å². The van der Waals surface area contributed by atoms with Crippen LogP contribution in [0.15, 0.2) is 53.5 Å². The van der Waals surface area contributed by atoms with Crippen LogP contribution in [0, 0.1) is 5.82 Å². The van der Waals surface area contributed by atoms with E-state index in [9.17, 15) is 9.18 Å². The molecule has 1 atom stereocenters. The van der Waals surface area contributed by atoms with Gasteiger partial charge in [0.1, 0.15) is 6.10 Å². The summed E-state index contributed by atoms with van der Waals surface area (Å²) in [6.45, 7) is 5.49. The summed E-state index contributed by atoms with van der Waals surface area (Å²) in [7, 11) is 1.60. The van der Waals surface area contributed by atoms with Crippen LogP contribution in [0.1, 0.15) is 29.8 Å².